The monoisotopic (exact) mass is 329 g/mol. The lowest BCUT2D eigenvalue weighted by molar-refractivity contribution is -0.120. The van der Waals surface area contributed by atoms with E-state index in [1.54, 1.807) is 0 Å². The number of nitrogens with one attached hydrogen (secondary N) is 1. The molecule has 3 rings (SSSR count). The van der Waals surface area contributed by atoms with Gasteiger partial charge in [-0.25, -0.2) is 4.98 Å². The average Bonchev–Trinajstić information content (AvgIpc) is 3.15. The molecule has 5 heteroatoms. The van der Waals surface area contributed by atoms with Gasteiger partial charge in [0.05, 0.1) is 5.69 Å². The lowest BCUT2D eigenvalue weighted by atomic mass is 9.95. The minimum absolute atomic E-state index is 0.0356. The lowest BCUT2D eigenvalue weighted by Gasteiger charge is -2.16. The van der Waals surface area contributed by atoms with E-state index in [9.17, 15) is 4.79 Å². The van der Waals surface area contributed by atoms with E-state index in [2.05, 4.69) is 42.3 Å². The molecule has 122 valence electrons. The SMILES string of the molecule is Cc1ccc(-c2csc(NC(=O)[C@@H]3CCC[C@@H]3CN)n2)c(C)c1. The van der Waals surface area contributed by atoms with Gasteiger partial charge < -0.3 is 11.1 Å². The number of nitrogens with zero attached hydrogens (tertiary/aromatic N) is 1. The number of carbonyl (C=O) groups is 1. The molecule has 1 aliphatic rings. The normalized spacial score (nSPS) is 20.7. The molecule has 1 amide bonds. The number of hydrogen-bond donors (Lipinski definition) is 2. The summed E-state index contributed by atoms with van der Waals surface area (Å²) in [6.45, 7) is 4.76. The fraction of sp³-hybridized carbons (Fsp3) is 0.444. The number of rotatable bonds is 4. The fourth-order valence-electron chi connectivity index (χ4n) is 3.42. The number of aryl methyl sites for hydroxylation is 2. The summed E-state index contributed by atoms with van der Waals surface area (Å²) in [5.74, 6) is 0.418. The molecule has 1 aromatic heterocycles. The van der Waals surface area contributed by atoms with Crippen LogP contribution in [-0.2, 0) is 4.79 Å². The maximum atomic E-state index is 12.4. The van der Waals surface area contributed by atoms with Gasteiger partial charge in [-0.1, -0.05) is 30.2 Å². The van der Waals surface area contributed by atoms with Gasteiger partial charge in [-0.2, -0.15) is 0 Å². The molecule has 23 heavy (non-hydrogen) atoms. The van der Waals surface area contributed by atoms with E-state index in [4.69, 9.17) is 5.73 Å². The first-order chi connectivity index (χ1) is 11.1. The van der Waals surface area contributed by atoms with E-state index in [1.807, 2.05) is 5.38 Å². The molecule has 1 fully saturated rings. The Bertz CT molecular complexity index is 710. The van der Waals surface area contributed by atoms with Crippen LogP contribution in [0.3, 0.4) is 0 Å². The van der Waals surface area contributed by atoms with Crippen LogP contribution >= 0.6 is 11.3 Å². The first-order valence-corrected chi connectivity index (χ1v) is 9.00. The zero-order valence-electron chi connectivity index (χ0n) is 13.6. The summed E-state index contributed by atoms with van der Waals surface area (Å²) in [4.78, 5) is 17.0. The molecule has 1 heterocycles. The summed E-state index contributed by atoms with van der Waals surface area (Å²) >= 11 is 1.48. The third kappa shape index (κ3) is 3.46. The van der Waals surface area contributed by atoms with Gasteiger partial charge in [-0.05, 0) is 44.7 Å². The molecule has 0 saturated heterocycles. The summed E-state index contributed by atoms with van der Waals surface area (Å²) in [7, 11) is 0. The Labute approximate surface area is 141 Å². The standard InChI is InChI=1S/C18H23N3OS/c1-11-6-7-14(12(2)8-11)16-10-23-18(20-16)21-17(22)15-5-3-4-13(15)9-19/h6-8,10,13,15H,3-5,9,19H2,1-2H3,(H,20,21,22)/t13-,15-/m1/s1. The van der Waals surface area contributed by atoms with Crippen LogP contribution in [0.15, 0.2) is 23.6 Å². The van der Waals surface area contributed by atoms with Crippen molar-refractivity contribution in [1.82, 2.24) is 4.98 Å². The Balaban J connectivity index is 1.73. The first-order valence-electron chi connectivity index (χ1n) is 8.12. The largest absolute Gasteiger partial charge is 0.330 e. The van der Waals surface area contributed by atoms with Gasteiger partial charge in [0.1, 0.15) is 0 Å². The van der Waals surface area contributed by atoms with Gasteiger partial charge in [0.15, 0.2) is 5.13 Å². The number of aromatic nitrogens is 1. The van der Waals surface area contributed by atoms with E-state index in [0.29, 0.717) is 17.6 Å². The number of anilines is 1. The average molecular weight is 329 g/mol. The van der Waals surface area contributed by atoms with Crippen LogP contribution in [0, 0.1) is 25.7 Å². The molecule has 2 atom stereocenters. The van der Waals surface area contributed by atoms with E-state index < -0.39 is 0 Å². The molecule has 3 N–H and O–H groups in total. The number of carbonyl (C=O) groups excluding carboxylic acids is 1. The third-order valence-corrected chi connectivity index (χ3v) is 5.45. The quantitative estimate of drug-likeness (QED) is 0.898. The number of amides is 1. The minimum atomic E-state index is 0.0356. The van der Waals surface area contributed by atoms with Crippen LogP contribution in [0.1, 0.15) is 30.4 Å². The predicted octanol–water partition coefficient (Wildman–Crippen LogP) is 3.74. The van der Waals surface area contributed by atoms with Crippen LogP contribution in [0.4, 0.5) is 5.13 Å². The predicted molar refractivity (Wildman–Crippen MR) is 95.5 cm³/mol. The van der Waals surface area contributed by atoms with Crippen LogP contribution in [-0.4, -0.2) is 17.4 Å². The molecule has 1 saturated carbocycles. The van der Waals surface area contributed by atoms with Crippen molar-refractivity contribution in [1.29, 1.82) is 0 Å². The van der Waals surface area contributed by atoms with Crippen molar-refractivity contribution in [2.45, 2.75) is 33.1 Å². The van der Waals surface area contributed by atoms with E-state index in [0.717, 1.165) is 30.5 Å². The molecule has 4 nitrogen and oxygen atoms in total. The first kappa shape index (κ1) is 16.1. The summed E-state index contributed by atoms with van der Waals surface area (Å²) in [6, 6.07) is 6.33. The molecule has 1 aliphatic carbocycles. The number of thiazole rings is 1. The molecule has 0 unspecified atom stereocenters. The Hall–Kier alpha value is -1.72. The summed E-state index contributed by atoms with van der Waals surface area (Å²) < 4.78 is 0. The van der Waals surface area contributed by atoms with Crippen molar-refractivity contribution >= 4 is 22.4 Å². The van der Waals surface area contributed by atoms with Crippen LogP contribution < -0.4 is 11.1 Å². The maximum absolute atomic E-state index is 12.4. The summed E-state index contributed by atoms with van der Waals surface area (Å²) in [5.41, 5.74) is 10.3. The van der Waals surface area contributed by atoms with Crippen molar-refractivity contribution in [3.63, 3.8) is 0 Å². The molecule has 0 bridgehead atoms. The van der Waals surface area contributed by atoms with Crippen LogP contribution in [0.25, 0.3) is 11.3 Å². The molecule has 0 spiro atoms. The Kier molecular flexibility index (Phi) is 4.78. The van der Waals surface area contributed by atoms with Gasteiger partial charge in [0.25, 0.3) is 0 Å². The Morgan fingerprint density at radius 1 is 1.39 bits per heavy atom. The molecule has 1 aromatic carbocycles. The topological polar surface area (TPSA) is 68.0 Å². The fourth-order valence-corrected chi connectivity index (χ4v) is 4.13. The van der Waals surface area contributed by atoms with Crippen LogP contribution in [0.5, 0.6) is 0 Å². The molecular weight excluding hydrogens is 306 g/mol. The smallest absolute Gasteiger partial charge is 0.229 e. The highest BCUT2D eigenvalue weighted by molar-refractivity contribution is 7.14. The van der Waals surface area contributed by atoms with Gasteiger partial charge in [0.2, 0.25) is 5.91 Å². The third-order valence-electron chi connectivity index (χ3n) is 4.69. The Morgan fingerprint density at radius 3 is 2.96 bits per heavy atom. The Morgan fingerprint density at radius 2 is 2.22 bits per heavy atom. The highest BCUT2D eigenvalue weighted by Crippen LogP contribution is 2.33. The lowest BCUT2D eigenvalue weighted by Crippen LogP contribution is -2.29. The highest BCUT2D eigenvalue weighted by Gasteiger charge is 2.32. The second-order valence-corrected chi connectivity index (χ2v) is 7.24. The summed E-state index contributed by atoms with van der Waals surface area (Å²) in [5, 5.41) is 5.66. The highest BCUT2D eigenvalue weighted by atomic mass is 32.1. The molecule has 0 radical (unpaired) electrons. The second-order valence-electron chi connectivity index (χ2n) is 6.38. The molecule has 0 aliphatic heterocycles. The number of benzene rings is 1. The molecular formula is C18H23N3OS. The van der Waals surface area contributed by atoms with Gasteiger partial charge in [-0.3, -0.25) is 4.79 Å². The zero-order chi connectivity index (χ0) is 16.4. The molecule has 2 aromatic rings. The van der Waals surface area contributed by atoms with E-state index >= 15 is 0 Å². The second kappa shape index (κ2) is 6.81. The number of nitrogens with two attached hydrogens (primary N) is 1. The minimum Gasteiger partial charge on any atom is -0.330 e. The van der Waals surface area contributed by atoms with Crippen molar-refractivity contribution < 1.29 is 4.79 Å². The summed E-state index contributed by atoms with van der Waals surface area (Å²) in [6.07, 6.45) is 3.08. The van der Waals surface area contributed by atoms with E-state index in [-0.39, 0.29) is 11.8 Å². The van der Waals surface area contributed by atoms with Crippen LogP contribution in [0.2, 0.25) is 0 Å². The maximum Gasteiger partial charge on any atom is 0.229 e. The van der Waals surface area contributed by atoms with Gasteiger partial charge in [0, 0.05) is 16.9 Å². The van der Waals surface area contributed by atoms with Gasteiger partial charge in [-0.15, -0.1) is 11.3 Å². The zero-order valence-corrected chi connectivity index (χ0v) is 14.5. The van der Waals surface area contributed by atoms with Crippen molar-refractivity contribution in [2.75, 3.05) is 11.9 Å². The van der Waals surface area contributed by atoms with E-state index in [1.165, 1.54) is 22.5 Å². The number of hydrogen-bond acceptors (Lipinski definition) is 4. The van der Waals surface area contributed by atoms with Crippen molar-refractivity contribution in [3.8, 4) is 11.3 Å². The van der Waals surface area contributed by atoms with Crippen molar-refractivity contribution in [2.24, 2.45) is 17.6 Å². The van der Waals surface area contributed by atoms with Gasteiger partial charge >= 0.3 is 0 Å². The van der Waals surface area contributed by atoms with Crippen molar-refractivity contribution in [3.05, 3.63) is 34.7 Å².